The Morgan fingerprint density at radius 1 is 1.47 bits per heavy atom. The molecule has 0 bridgehead atoms. The van der Waals surface area contributed by atoms with Crippen molar-refractivity contribution in [3.8, 4) is 6.07 Å². The van der Waals surface area contributed by atoms with Gasteiger partial charge in [-0.25, -0.2) is 0 Å². The lowest BCUT2D eigenvalue weighted by molar-refractivity contribution is -0.385. The average molecular weight is 202 g/mol. The molecular formula is C10H6N2O3. The molecule has 5 heteroatoms. The number of allylic oxidation sites excluding steroid dienone is 1. The van der Waals surface area contributed by atoms with Crippen molar-refractivity contribution in [2.45, 2.75) is 0 Å². The van der Waals surface area contributed by atoms with Crippen LogP contribution in [0.3, 0.4) is 0 Å². The Hall–Kier alpha value is -2.48. The van der Waals surface area contributed by atoms with Gasteiger partial charge in [-0.05, 0) is 24.3 Å². The number of nitro groups is 1. The van der Waals surface area contributed by atoms with Crippen molar-refractivity contribution in [3.05, 3.63) is 45.5 Å². The lowest BCUT2D eigenvalue weighted by Gasteiger charge is -1.96. The fraction of sp³-hybridized carbons (Fsp3) is 0. The first kappa shape index (κ1) is 10.6. The number of carbonyl (C=O) groups excluding carboxylic acids is 1. The summed E-state index contributed by atoms with van der Waals surface area (Å²) in [4.78, 5) is 20.1. The fourth-order valence-electron chi connectivity index (χ4n) is 1.06. The van der Waals surface area contributed by atoms with E-state index in [9.17, 15) is 14.9 Å². The lowest BCUT2D eigenvalue weighted by atomic mass is 10.1. The van der Waals surface area contributed by atoms with Gasteiger partial charge in [0.2, 0.25) is 0 Å². The first-order chi connectivity index (χ1) is 7.19. The zero-order valence-electron chi connectivity index (χ0n) is 7.58. The summed E-state index contributed by atoms with van der Waals surface area (Å²) in [7, 11) is 0. The first-order valence-electron chi connectivity index (χ1n) is 3.99. The van der Waals surface area contributed by atoms with E-state index in [1.54, 1.807) is 0 Å². The van der Waals surface area contributed by atoms with Gasteiger partial charge in [-0.3, -0.25) is 14.9 Å². The number of hydrogen-bond acceptors (Lipinski definition) is 4. The SMILES string of the molecule is N#Cc1ccc(/C=C/C=O)c([N+](=O)[O-])c1. The predicted octanol–water partition coefficient (Wildman–Crippen LogP) is 1.68. The minimum Gasteiger partial charge on any atom is -0.299 e. The third-order valence-electron chi connectivity index (χ3n) is 1.71. The molecule has 0 amide bonds. The number of benzene rings is 1. The molecule has 0 atom stereocenters. The number of nitro benzene ring substituents is 1. The second kappa shape index (κ2) is 4.67. The molecule has 0 saturated heterocycles. The quantitative estimate of drug-likeness (QED) is 0.323. The Labute approximate surface area is 85.4 Å². The van der Waals surface area contributed by atoms with Crippen molar-refractivity contribution >= 4 is 18.0 Å². The van der Waals surface area contributed by atoms with Crippen molar-refractivity contribution in [2.24, 2.45) is 0 Å². The van der Waals surface area contributed by atoms with Gasteiger partial charge in [0.15, 0.2) is 0 Å². The van der Waals surface area contributed by atoms with E-state index >= 15 is 0 Å². The minimum atomic E-state index is -0.592. The summed E-state index contributed by atoms with van der Waals surface area (Å²) in [5.74, 6) is 0. The third-order valence-corrected chi connectivity index (χ3v) is 1.71. The topological polar surface area (TPSA) is 84.0 Å². The van der Waals surface area contributed by atoms with Crippen molar-refractivity contribution in [1.29, 1.82) is 5.26 Å². The fourth-order valence-corrected chi connectivity index (χ4v) is 1.06. The molecular weight excluding hydrogens is 196 g/mol. The predicted molar refractivity (Wildman–Crippen MR) is 52.9 cm³/mol. The Kier molecular flexibility index (Phi) is 3.30. The Bertz CT molecular complexity index is 472. The molecule has 0 N–H and O–H groups in total. The van der Waals surface area contributed by atoms with Crippen LogP contribution >= 0.6 is 0 Å². The van der Waals surface area contributed by atoms with Gasteiger partial charge >= 0.3 is 0 Å². The van der Waals surface area contributed by atoms with E-state index in [1.807, 2.05) is 6.07 Å². The number of rotatable bonds is 3. The highest BCUT2D eigenvalue weighted by Crippen LogP contribution is 2.21. The highest BCUT2D eigenvalue weighted by Gasteiger charge is 2.11. The molecule has 1 aromatic rings. The summed E-state index contributed by atoms with van der Waals surface area (Å²) >= 11 is 0. The van der Waals surface area contributed by atoms with Crippen molar-refractivity contribution < 1.29 is 9.72 Å². The van der Waals surface area contributed by atoms with Gasteiger partial charge < -0.3 is 0 Å². The third kappa shape index (κ3) is 2.48. The van der Waals surface area contributed by atoms with Crippen LogP contribution in [0.15, 0.2) is 24.3 Å². The highest BCUT2D eigenvalue weighted by atomic mass is 16.6. The van der Waals surface area contributed by atoms with Crippen LogP contribution in [-0.4, -0.2) is 11.2 Å². The number of aldehydes is 1. The second-order valence-electron chi connectivity index (χ2n) is 2.64. The molecule has 0 saturated carbocycles. The van der Waals surface area contributed by atoms with E-state index in [0.717, 1.165) is 6.08 Å². The summed E-state index contributed by atoms with van der Waals surface area (Å²) < 4.78 is 0. The Morgan fingerprint density at radius 2 is 2.20 bits per heavy atom. The van der Waals surface area contributed by atoms with Gasteiger partial charge in [-0.2, -0.15) is 5.26 Å². The normalized spacial score (nSPS) is 9.80. The van der Waals surface area contributed by atoms with Gasteiger partial charge in [0.25, 0.3) is 5.69 Å². The summed E-state index contributed by atoms with van der Waals surface area (Å²) in [6.07, 6.45) is 3.02. The Balaban J connectivity index is 3.28. The maximum absolute atomic E-state index is 10.6. The van der Waals surface area contributed by atoms with Crippen LogP contribution in [0.25, 0.3) is 6.08 Å². The number of nitrogens with zero attached hydrogens (tertiary/aromatic N) is 2. The van der Waals surface area contributed by atoms with Crippen LogP contribution in [0.2, 0.25) is 0 Å². The summed E-state index contributed by atoms with van der Waals surface area (Å²) in [5.41, 5.74) is 0.322. The molecule has 0 aliphatic heterocycles. The molecule has 0 radical (unpaired) electrons. The summed E-state index contributed by atoms with van der Waals surface area (Å²) in [6, 6.07) is 5.86. The maximum Gasteiger partial charge on any atom is 0.277 e. The molecule has 0 unspecified atom stereocenters. The van der Waals surface area contributed by atoms with Crippen LogP contribution in [0.1, 0.15) is 11.1 Å². The molecule has 1 rings (SSSR count). The molecule has 0 fully saturated rings. The smallest absolute Gasteiger partial charge is 0.277 e. The summed E-state index contributed by atoms with van der Waals surface area (Å²) in [6.45, 7) is 0. The molecule has 0 heterocycles. The van der Waals surface area contributed by atoms with E-state index in [2.05, 4.69) is 0 Å². The molecule has 0 aliphatic rings. The minimum absolute atomic E-state index is 0.188. The average Bonchev–Trinajstić information content (AvgIpc) is 2.26. The second-order valence-corrected chi connectivity index (χ2v) is 2.64. The van der Waals surface area contributed by atoms with Crippen molar-refractivity contribution in [2.75, 3.05) is 0 Å². The molecule has 0 spiro atoms. The van der Waals surface area contributed by atoms with Gasteiger partial charge in [-0.1, -0.05) is 0 Å². The largest absolute Gasteiger partial charge is 0.299 e. The van der Waals surface area contributed by atoms with Crippen LogP contribution in [0.4, 0.5) is 5.69 Å². The monoisotopic (exact) mass is 202 g/mol. The first-order valence-corrected chi connectivity index (χ1v) is 3.99. The molecule has 0 aliphatic carbocycles. The Morgan fingerprint density at radius 3 is 2.73 bits per heavy atom. The molecule has 15 heavy (non-hydrogen) atoms. The van der Waals surface area contributed by atoms with Gasteiger partial charge in [-0.15, -0.1) is 0 Å². The van der Waals surface area contributed by atoms with Crippen LogP contribution in [0.5, 0.6) is 0 Å². The van der Waals surface area contributed by atoms with Gasteiger partial charge in [0.1, 0.15) is 6.29 Å². The van der Waals surface area contributed by atoms with Gasteiger partial charge in [0, 0.05) is 6.07 Å². The van der Waals surface area contributed by atoms with Gasteiger partial charge in [0.05, 0.1) is 22.1 Å². The van der Waals surface area contributed by atoms with E-state index in [-0.39, 0.29) is 11.3 Å². The van der Waals surface area contributed by atoms with E-state index < -0.39 is 4.92 Å². The standard InChI is InChI=1S/C10H6N2O3/c11-7-8-3-4-9(2-1-5-13)10(6-8)12(14)15/h1-6H/b2-1+. The molecule has 74 valence electrons. The van der Waals surface area contributed by atoms with E-state index in [0.29, 0.717) is 11.8 Å². The molecule has 1 aromatic carbocycles. The van der Waals surface area contributed by atoms with Crippen molar-refractivity contribution in [3.63, 3.8) is 0 Å². The molecule has 0 aromatic heterocycles. The van der Waals surface area contributed by atoms with E-state index in [1.165, 1.54) is 24.3 Å². The number of hydrogen-bond donors (Lipinski definition) is 0. The van der Waals surface area contributed by atoms with E-state index in [4.69, 9.17) is 5.26 Å². The van der Waals surface area contributed by atoms with Crippen LogP contribution < -0.4 is 0 Å². The highest BCUT2D eigenvalue weighted by molar-refractivity contribution is 5.76. The molecule has 5 nitrogen and oxygen atoms in total. The van der Waals surface area contributed by atoms with Crippen LogP contribution in [-0.2, 0) is 4.79 Å². The summed E-state index contributed by atoms with van der Waals surface area (Å²) in [5, 5.41) is 19.2. The zero-order valence-corrected chi connectivity index (χ0v) is 7.58. The maximum atomic E-state index is 10.6. The number of carbonyl (C=O) groups is 1. The zero-order chi connectivity index (χ0) is 11.3. The lowest BCUT2D eigenvalue weighted by Crippen LogP contribution is -1.92. The van der Waals surface area contributed by atoms with Crippen molar-refractivity contribution in [1.82, 2.24) is 0 Å². The number of nitriles is 1. The van der Waals surface area contributed by atoms with Crippen LogP contribution in [0, 0.1) is 21.4 Å².